The number of nitrogens with two attached hydrogens (primary N) is 1. The van der Waals surface area contributed by atoms with Crippen LogP contribution in [0.2, 0.25) is 0 Å². The zero-order chi connectivity index (χ0) is 14.7. The van der Waals surface area contributed by atoms with Crippen LogP contribution in [0.15, 0.2) is 40.2 Å². The van der Waals surface area contributed by atoms with Crippen molar-refractivity contribution < 1.29 is 4.79 Å². The summed E-state index contributed by atoms with van der Waals surface area (Å²) in [4.78, 5) is 15.8. The van der Waals surface area contributed by atoms with Crippen molar-refractivity contribution in [3.63, 3.8) is 0 Å². The third-order valence-corrected chi connectivity index (χ3v) is 4.56. The molecule has 0 unspecified atom stereocenters. The number of hydrogen-bond acceptors (Lipinski definition) is 3. The van der Waals surface area contributed by atoms with Gasteiger partial charge in [0.05, 0.1) is 12.1 Å². The highest BCUT2D eigenvalue weighted by Crippen LogP contribution is 2.23. The molecule has 3 nitrogen and oxygen atoms in total. The van der Waals surface area contributed by atoms with Crippen LogP contribution in [0.3, 0.4) is 0 Å². The van der Waals surface area contributed by atoms with E-state index in [1.54, 1.807) is 23.5 Å². The van der Waals surface area contributed by atoms with E-state index in [4.69, 9.17) is 5.73 Å². The Bertz CT molecular complexity index is 596. The summed E-state index contributed by atoms with van der Waals surface area (Å²) >= 11 is 5.08. The molecule has 1 aromatic heterocycles. The second-order valence-electron chi connectivity index (χ2n) is 4.85. The largest absolute Gasteiger partial charge is 0.399 e. The van der Waals surface area contributed by atoms with Crippen molar-refractivity contribution in [2.45, 2.75) is 26.4 Å². The summed E-state index contributed by atoms with van der Waals surface area (Å²) in [5.41, 5.74) is 6.99. The second-order valence-corrected chi connectivity index (χ2v) is 6.73. The van der Waals surface area contributed by atoms with Gasteiger partial charge in [-0.25, -0.2) is 0 Å². The minimum Gasteiger partial charge on any atom is -0.399 e. The molecule has 0 aliphatic heterocycles. The van der Waals surface area contributed by atoms with Gasteiger partial charge in [0.25, 0.3) is 5.91 Å². The van der Waals surface area contributed by atoms with Gasteiger partial charge in [0.15, 0.2) is 0 Å². The number of rotatable bonds is 4. The van der Waals surface area contributed by atoms with Crippen molar-refractivity contribution >= 4 is 38.9 Å². The molecule has 0 saturated carbocycles. The molecule has 1 amide bonds. The minimum atomic E-state index is -0.00687. The zero-order valence-electron chi connectivity index (χ0n) is 11.5. The van der Waals surface area contributed by atoms with E-state index in [0.29, 0.717) is 17.8 Å². The van der Waals surface area contributed by atoms with Gasteiger partial charge in [0, 0.05) is 21.1 Å². The lowest BCUT2D eigenvalue weighted by atomic mass is 10.1. The fourth-order valence-corrected chi connectivity index (χ4v) is 3.04. The number of carbonyl (C=O) groups excluding carboxylic acids is 1. The van der Waals surface area contributed by atoms with Crippen molar-refractivity contribution in [1.29, 1.82) is 0 Å². The highest BCUT2D eigenvalue weighted by molar-refractivity contribution is 9.10. The predicted molar refractivity (Wildman–Crippen MR) is 87.9 cm³/mol. The third-order valence-electron chi connectivity index (χ3n) is 3.01. The smallest absolute Gasteiger partial charge is 0.255 e. The molecule has 0 radical (unpaired) electrons. The lowest BCUT2D eigenvalue weighted by Crippen LogP contribution is -2.36. The lowest BCUT2D eigenvalue weighted by Gasteiger charge is -2.27. The summed E-state index contributed by atoms with van der Waals surface area (Å²) in [5.74, 6) is -0.00687. The first-order chi connectivity index (χ1) is 9.49. The average Bonchev–Trinajstić information content (AvgIpc) is 2.90. The number of nitrogen functional groups attached to an aromatic ring is 1. The Hall–Kier alpha value is -1.33. The molecule has 0 fully saturated rings. The molecule has 1 heterocycles. The molecule has 0 atom stereocenters. The Kier molecular flexibility index (Phi) is 4.83. The molecule has 0 spiro atoms. The van der Waals surface area contributed by atoms with E-state index in [-0.39, 0.29) is 11.9 Å². The number of hydrogen-bond donors (Lipinski definition) is 1. The van der Waals surface area contributed by atoms with Crippen LogP contribution < -0.4 is 5.73 Å². The Labute approximate surface area is 131 Å². The molecule has 20 heavy (non-hydrogen) atoms. The Balaban J connectivity index is 2.29. The molecule has 2 rings (SSSR count). The molecule has 1 aromatic carbocycles. The van der Waals surface area contributed by atoms with Crippen LogP contribution in [0.4, 0.5) is 5.69 Å². The van der Waals surface area contributed by atoms with Crippen LogP contribution in [-0.2, 0) is 6.54 Å². The van der Waals surface area contributed by atoms with Gasteiger partial charge in [-0.2, -0.15) is 0 Å². The molecule has 2 aromatic rings. The molecular formula is C15H17BrN2OS. The molecule has 106 valence electrons. The maximum Gasteiger partial charge on any atom is 0.255 e. The number of thiophene rings is 1. The van der Waals surface area contributed by atoms with E-state index in [1.807, 2.05) is 42.3 Å². The lowest BCUT2D eigenvalue weighted by molar-refractivity contribution is 0.0691. The average molecular weight is 353 g/mol. The van der Waals surface area contributed by atoms with Crippen LogP contribution in [0.5, 0.6) is 0 Å². The molecule has 2 N–H and O–H groups in total. The van der Waals surface area contributed by atoms with E-state index < -0.39 is 0 Å². The van der Waals surface area contributed by atoms with Crippen molar-refractivity contribution in [3.05, 3.63) is 50.6 Å². The summed E-state index contributed by atoms with van der Waals surface area (Å²) in [6, 6.07) is 9.47. The Morgan fingerprint density at radius 3 is 2.75 bits per heavy atom. The fraction of sp³-hybridized carbons (Fsp3) is 0.267. The van der Waals surface area contributed by atoms with Gasteiger partial charge in [-0.3, -0.25) is 4.79 Å². The van der Waals surface area contributed by atoms with E-state index >= 15 is 0 Å². The van der Waals surface area contributed by atoms with Gasteiger partial charge in [-0.1, -0.05) is 6.07 Å². The van der Waals surface area contributed by atoms with Gasteiger partial charge in [0.2, 0.25) is 0 Å². The van der Waals surface area contributed by atoms with Gasteiger partial charge in [-0.15, -0.1) is 11.3 Å². The Morgan fingerprint density at radius 2 is 2.15 bits per heavy atom. The van der Waals surface area contributed by atoms with Crippen LogP contribution in [-0.4, -0.2) is 16.8 Å². The standard InChI is InChI=1S/C15H17BrN2OS/c1-10(2)18(9-12-4-3-7-20-12)15(19)13-8-11(17)5-6-14(13)16/h3-8,10H,9,17H2,1-2H3. The number of halogens is 1. The number of carbonyl (C=O) groups is 1. The quantitative estimate of drug-likeness (QED) is 0.840. The highest BCUT2D eigenvalue weighted by Gasteiger charge is 2.21. The number of amides is 1. The molecule has 0 aliphatic rings. The van der Waals surface area contributed by atoms with Crippen molar-refractivity contribution in [1.82, 2.24) is 4.90 Å². The van der Waals surface area contributed by atoms with Gasteiger partial charge in [0.1, 0.15) is 0 Å². The van der Waals surface area contributed by atoms with Gasteiger partial charge in [-0.05, 0) is 59.4 Å². The van der Waals surface area contributed by atoms with E-state index in [1.165, 1.54) is 4.88 Å². The maximum atomic E-state index is 12.7. The molecule has 5 heteroatoms. The maximum absolute atomic E-state index is 12.7. The first-order valence-corrected chi connectivity index (χ1v) is 8.04. The Morgan fingerprint density at radius 1 is 1.40 bits per heavy atom. The summed E-state index contributed by atoms with van der Waals surface area (Å²) in [7, 11) is 0. The minimum absolute atomic E-state index is 0.00687. The highest BCUT2D eigenvalue weighted by atomic mass is 79.9. The van der Waals surface area contributed by atoms with Crippen molar-refractivity contribution in [2.24, 2.45) is 0 Å². The summed E-state index contributed by atoms with van der Waals surface area (Å²) in [6.07, 6.45) is 0. The normalized spacial score (nSPS) is 10.8. The van der Waals surface area contributed by atoms with Crippen LogP contribution in [0.25, 0.3) is 0 Å². The summed E-state index contributed by atoms with van der Waals surface area (Å²) in [6.45, 7) is 4.66. The second kappa shape index (κ2) is 6.41. The summed E-state index contributed by atoms with van der Waals surface area (Å²) in [5, 5.41) is 2.02. The van der Waals surface area contributed by atoms with E-state index in [0.717, 1.165) is 4.47 Å². The molecule has 0 saturated heterocycles. The summed E-state index contributed by atoms with van der Waals surface area (Å²) < 4.78 is 0.772. The SMILES string of the molecule is CC(C)N(Cc1cccs1)C(=O)c1cc(N)ccc1Br. The fourth-order valence-electron chi connectivity index (χ4n) is 1.92. The molecule has 0 aliphatic carbocycles. The van der Waals surface area contributed by atoms with Crippen LogP contribution >= 0.6 is 27.3 Å². The number of anilines is 1. The van der Waals surface area contributed by atoms with E-state index in [2.05, 4.69) is 15.9 Å². The molecule has 0 bridgehead atoms. The third kappa shape index (κ3) is 3.41. The number of nitrogens with zero attached hydrogens (tertiary/aromatic N) is 1. The topological polar surface area (TPSA) is 46.3 Å². The first-order valence-electron chi connectivity index (χ1n) is 6.37. The van der Waals surface area contributed by atoms with Crippen LogP contribution in [0, 0.1) is 0 Å². The van der Waals surface area contributed by atoms with Gasteiger partial charge < -0.3 is 10.6 Å². The zero-order valence-corrected chi connectivity index (χ0v) is 13.9. The van der Waals surface area contributed by atoms with Crippen molar-refractivity contribution in [2.75, 3.05) is 5.73 Å². The number of benzene rings is 1. The van der Waals surface area contributed by atoms with Gasteiger partial charge >= 0.3 is 0 Å². The van der Waals surface area contributed by atoms with Crippen molar-refractivity contribution in [3.8, 4) is 0 Å². The predicted octanol–water partition coefficient (Wildman–Crippen LogP) is 4.14. The van der Waals surface area contributed by atoms with Crippen LogP contribution in [0.1, 0.15) is 29.1 Å². The molecular weight excluding hydrogens is 336 g/mol. The van der Waals surface area contributed by atoms with E-state index in [9.17, 15) is 4.79 Å². The monoisotopic (exact) mass is 352 g/mol. The first kappa shape index (κ1) is 15.1.